The molecule has 2 aromatic carbocycles. The van der Waals surface area contributed by atoms with Gasteiger partial charge in [0, 0.05) is 96.4 Å². The second-order valence-electron chi connectivity index (χ2n) is 16.2. The highest BCUT2D eigenvalue weighted by Gasteiger charge is 2.52. The summed E-state index contributed by atoms with van der Waals surface area (Å²) < 4.78 is 11.9. The number of amides is 2. The van der Waals surface area contributed by atoms with Gasteiger partial charge in [0.2, 0.25) is 23.6 Å². The van der Waals surface area contributed by atoms with Crippen LogP contribution in [0.15, 0.2) is 48.5 Å². The average molecular weight is 766 g/mol. The van der Waals surface area contributed by atoms with E-state index in [1.807, 2.05) is 36.4 Å². The zero-order valence-corrected chi connectivity index (χ0v) is 31.9. The first-order valence-electron chi connectivity index (χ1n) is 19.0. The van der Waals surface area contributed by atoms with Gasteiger partial charge in [0.15, 0.2) is 0 Å². The third kappa shape index (κ3) is 5.35. The van der Waals surface area contributed by atoms with Crippen LogP contribution in [0.25, 0.3) is 33.6 Å². The van der Waals surface area contributed by atoms with Crippen molar-refractivity contribution < 1.29 is 19.1 Å². The van der Waals surface area contributed by atoms with Crippen molar-refractivity contribution in [3.05, 3.63) is 80.8 Å². The number of halogens is 2. The van der Waals surface area contributed by atoms with Gasteiger partial charge in [0.25, 0.3) is 0 Å². The molecule has 4 aliphatic heterocycles. The Morgan fingerprint density at radius 2 is 1.24 bits per heavy atom. The van der Waals surface area contributed by atoms with E-state index in [0.717, 1.165) is 110 Å². The summed E-state index contributed by atoms with van der Waals surface area (Å²) in [5, 5.41) is 7.35. The number of carbonyl (C=O) groups excluding carboxylic acids is 2. The Hall–Kier alpha value is -4.22. The van der Waals surface area contributed by atoms with Gasteiger partial charge in [-0.25, -0.2) is 9.97 Å². The molecule has 6 heterocycles. The van der Waals surface area contributed by atoms with Gasteiger partial charge in [-0.3, -0.25) is 19.4 Å². The summed E-state index contributed by atoms with van der Waals surface area (Å²) in [7, 11) is 3.36. The van der Waals surface area contributed by atoms with Crippen molar-refractivity contribution in [2.75, 3.05) is 46.9 Å². The Morgan fingerprint density at radius 1 is 0.722 bits per heavy atom. The molecule has 2 spiro atoms. The predicted molar refractivity (Wildman–Crippen MR) is 207 cm³/mol. The Labute approximate surface area is 324 Å². The Morgan fingerprint density at radius 3 is 1.70 bits per heavy atom. The van der Waals surface area contributed by atoms with Gasteiger partial charge in [-0.15, -0.1) is 0 Å². The summed E-state index contributed by atoms with van der Waals surface area (Å²) in [6.45, 7) is 4.29. The number of methoxy groups -OCH3 is 2. The van der Waals surface area contributed by atoms with Crippen molar-refractivity contribution in [1.82, 2.24) is 30.4 Å². The Kier molecular flexibility index (Phi) is 8.04. The van der Waals surface area contributed by atoms with Crippen molar-refractivity contribution in [3.63, 3.8) is 0 Å². The van der Waals surface area contributed by atoms with Gasteiger partial charge >= 0.3 is 0 Å². The lowest BCUT2D eigenvalue weighted by atomic mass is 9.77. The van der Waals surface area contributed by atoms with E-state index in [2.05, 4.69) is 32.6 Å². The minimum absolute atomic E-state index is 0.0633. The number of aromatic nitrogens is 2. The summed E-state index contributed by atoms with van der Waals surface area (Å²) in [6.07, 6.45) is 5.95. The third-order valence-corrected chi connectivity index (χ3v) is 13.7. The molecular weight excluding hydrogens is 723 g/mol. The molecule has 10 rings (SSSR count). The number of likely N-dealkylation sites (tertiary alicyclic amines) is 2. The summed E-state index contributed by atoms with van der Waals surface area (Å²) in [6, 6.07) is 16.7. The predicted octanol–water partition coefficient (Wildman–Crippen LogP) is 6.56. The largest absolute Gasteiger partial charge is 0.481 e. The number of carbonyl (C=O) groups is 2. The van der Waals surface area contributed by atoms with E-state index in [0.29, 0.717) is 34.6 Å². The molecule has 278 valence electrons. The number of hydrogen-bond acceptors (Lipinski definition) is 8. The molecule has 0 radical (unpaired) electrons. The van der Waals surface area contributed by atoms with Crippen LogP contribution < -0.4 is 20.1 Å². The quantitative estimate of drug-likeness (QED) is 0.218. The minimum Gasteiger partial charge on any atom is -0.481 e. The maximum atomic E-state index is 11.9. The average Bonchev–Trinajstić information content (AvgIpc) is 3.95. The lowest BCUT2D eigenvalue weighted by Crippen LogP contribution is -2.67. The van der Waals surface area contributed by atoms with Crippen LogP contribution in [-0.4, -0.2) is 84.1 Å². The second-order valence-corrected chi connectivity index (χ2v) is 17.0. The molecule has 2 N–H and O–H groups in total. The van der Waals surface area contributed by atoms with Crippen LogP contribution in [0.5, 0.6) is 11.8 Å². The molecule has 12 heteroatoms. The SMILES string of the molecule is COc1nc(-c2cccc(-c3cccc(-c4cc5c(c(OC)n4)C(N4CC6(CCC(=O)N6)C4)CC5)c3Cl)c2Cl)cc2c1C(N1CC3(CNC(=O)C3)C1)CC2. The molecule has 2 amide bonds. The molecule has 10 nitrogen and oxygen atoms in total. The highest BCUT2D eigenvalue weighted by molar-refractivity contribution is 6.39. The molecule has 4 fully saturated rings. The number of rotatable bonds is 7. The van der Waals surface area contributed by atoms with Crippen LogP contribution in [0.2, 0.25) is 10.0 Å². The van der Waals surface area contributed by atoms with E-state index < -0.39 is 0 Å². The minimum atomic E-state index is -0.0755. The monoisotopic (exact) mass is 764 g/mol. The van der Waals surface area contributed by atoms with Crippen molar-refractivity contribution in [3.8, 4) is 45.4 Å². The maximum absolute atomic E-state index is 11.9. The molecule has 0 bridgehead atoms. The molecule has 6 aliphatic rings. The maximum Gasteiger partial charge on any atom is 0.220 e. The van der Waals surface area contributed by atoms with E-state index >= 15 is 0 Å². The van der Waals surface area contributed by atoms with Gasteiger partial charge in [0.1, 0.15) is 0 Å². The van der Waals surface area contributed by atoms with Crippen LogP contribution in [0.1, 0.15) is 66.4 Å². The third-order valence-electron chi connectivity index (χ3n) is 12.9. The van der Waals surface area contributed by atoms with E-state index in [1.54, 1.807) is 14.2 Å². The first kappa shape index (κ1) is 34.3. The van der Waals surface area contributed by atoms with E-state index in [-0.39, 0.29) is 34.9 Å². The molecule has 2 aliphatic carbocycles. The molecule has 2 unspecified atom stereocenters. The topological polar surface area (TPSA) is 109 Å². The van der Waals surface area contributed by atoms with Crippen LogP contribution in [0.3, 0.4) is 0 Å². The van der Waals surface area contributed by atoms with Gasteiger partial charge in [-0.2, -0.15) is 0 Å². The number of fused-ring (bicyclic) bond motifs is 2. The lowest BCUT2D eigenvalue weighted by molar-refractivity contribution is -0.121. The van der Waals surface area contributed by atoms with Crippen molar-refractivity contribution in [1.29, 1.82) is 0 Å². The number of hydrogen-bond donors (Lipinski definition) is 2. The van der Waals surface area contributed by atoms with Crippen LogP contribution in [-0.2, 0) is 22.4 Å². The highest BCUT2D eigenvalue weighted by atomic mass is 35.5. The Bertz CT molecular complexity index is 2090. The fraction of sp³-hybridized carbons (Fsp3) is 0.429. The first-order chi connectivity index (χ1) is 26.2. The molecule has 2 atom stereocenters. The normalized spacial score (nSPS) is 23.6. The van der Waals surface area contributed by atoms with Crippen LogP contribution >= 0.6 is 23.2 Å². The second kappa shape index (κ2) is 12.7. The zero-order chi connectivity index (χ0) is 36.9. The van der Waals surface area contributed by atoms with Gasteiger partial charge in [-0.05, 0) is 55.4 Å². The van der Waals surface area contributed by atoms with Crippen molar-refractivity contribution in [2.24, 2.45) is 5.41 Å². The van der Waals surface area contributed by atoms with Gasteiger partial charge < -0.3 is 20.1 Å². The molecule has 54 heavy (non-hydrogen) atoms. The number of nitrogens with one attached hydrogen (secondary N) is 2. The summed E-state index contributed by atoms with van der Waals surface area (Å²) in [5.41, 5.74) is 9.49. The number of nitrogens with zero attached hydrogens (tertiary/aromatic N) is 4. The molecule has 4 saturated heterocycles. The lowest BCUT2D eigenvalue weighted by Gasteiger charge is -2.50. The summed E-state index contributed by atoms with van der Waals surface area (Å²) in [4.78, 5) is 38.9. The summed E-state index contributed by atoms with van der Waals surface area (Å²) in [5.74, 6) is 1.57. The fourth-order valence-corrected chi connectivity index (χ4v) is 11.0. The first-order valence-corrected chi connectivity index (χ1v) is 19.7. The van der Waals surface area contributed by atoms with E-state index in [1.165, 1.54) is 11.1 Å². The smallest absolute Gasteiger partial charge is 0.220 e. The number of ether oxygens (including phenoxy) is 2. The number of benzene rings is 2. The van der Waals surface area contributed by atoms with Gasteiger partial charge in [-0.1, -0.05) is 59.6 Å². The number of pyridine rings is 2. The molecule has 4 aromatic rings. The van der Waals surface area contributed by atoms with Crippen LogP contribution in [0, 0.1) is 5.41 Å². The molecular formula is C42H42Cl2N6O4. The highest BCUT2D eigenvalue weighted by Crippen LogP contribution is 2.51. The van der Waals surface area contributed by atoms with Crippen molar-refractivity contribution >= 4 is 35.0 Å². The number of aryl methyl sites for hydroxylation is 2. The van der Waals surface area contributed by atoms with E-state index in [4.69, 9.17) is 42.6 Å². The van der Waals surface area contributed by atoms with Gasteiger partial charge in [0.05, 0.1) is 41.2 Å². The fourth-order valence-electron chi connectivity index (χ4n) is 10.3. The Balaban J connectivity index is 0.937. The molecule has 2 aromatic heterocycles. The summed E-state index contributed by atoms with van der Waals surface area (Å²) >= 11 is 14.6. The zero-order valence-electron chi connectivity index (χ0n) is 30.4. The van der Waals surface area contributed by atoms with E-state index in [9.17, 15) is 9.59 Å². The standard InChI is InChI=1S/C42H42Cl2N6O4/c1-53-39-35-23(9-11-31(35)49-19-41(20-49)17-34(52)45-18-41)15-29(46-39)27-7-3-5-25(37(27)43)26-6-4-8-28(38(26)44)30-16-24-10-12-32(36(24)40(47-30)54-2)50-21-42(22-50)14-13-33(51)48-42/h3-8,15-16,31-32H,9-14,17-22H2,1-2H3,(H,45,52)(H,48,51). The van der Waals surface area contributed by atoms with Crippen LogP contribution in [0.4, 0.5) is 0 Å². The van der Waals surface area contributed by atoms with Crippen molar-refractivity contribution in [2.45, 2.75) is 62.6 Å². The molecule has 0 saturated carbocycles.